The minimum Gasteiger partial charge on any atom is -0.465 e. The van der Waals surface area contributed by atoms with Crippen LogP contribution in [0.4, 0.5) is 5.82 Å². The van der Waals surface area contributed by atoms with Crippen molar-refractivity contribution < 1.29 is 38.1 Å². The van der Waals surface area contributed by atoms with Crippen molar-refractivity contribution >= 4 is 29.2 Å². The molecule has 2 aromatic rings. The van der Waals surface area contributed by atoms with Gasteiger partial charge in [-0.25, -0.2) is 9.50 Å². The molecule has 1 saturated heterocycles. The Bertz CT molecular complexity index is 1290. The van der Waals surface area contributed by atoms with Gasteiger partial charge in [-0.1, -0.05) is 41.0 Å². The summed E-state index contributed by atoms with van der Waals surface area (Å²) in [6.07, 6.45) is -0.796. The van der Waals surface area contributed by atoms with Crippen LogP contribution in [0.1, 0.15) is 66.2 Å². The van der Waals surface area contributed by atoms with Crippen molar-refractivity contribution in [2.45, 2.75) is 84.3 Å². The number of anilines is 1. The summed E-state index contributed by atoms with van der Waals surface area (Å²) < 4.78 is 30.4. The molecule has 230 valence electrons. The Balaban J connectivity index is 1.93. The highest BCUT2D eigenvalue weighted by Gasteiger charge is 2.61. The summed E-state index contributed by atoms with van der Waals surface area (Å²) in [6, 6.07) is 4.74. The first kappa shape index (κ1) is 32.7. The molecule has 3 heterocycles. The molecule has 5 atom stereocenters. The van der Waals surface area contributed by atoms with E-state index < -0.39 is 66.3 Å². The van der Waals surface area contributed by atoms with Crippen LogP contribution in [0, 0.1) is 23.2 Å². The Morgan fingerprint density at radius 2 is 1.83 bits per heavy atom. The van der Waals surface area contributed by atoms with Gasteiger partial charge in [0.15, 0.2) is 18.0 Å². The number of aromatic nitrogens is 3. The molecule has 0 aromatic carbocycles. The number of fused-ring (bicyclic) bond motifs is 1. The molecular formula is C28H40N6O8. The van der Waals surface area contributed by atoms with Gasteiger partial charge in [-0.3, -0.25) is 19.7 Å². The number of unbranched alkanes of at least 4 members (excludes halogenated alkanes) is 1. The van der Waals surface area contributed by atoms with E-state index in [2.05, 4.69) is 21.5 Å². The van der Waals surface area contributed by atoms with Gasteiger partial charge in [0.2, 0.25) is 5.60 Å². The summed E-state index contributed by atoms with van der Waals surface area (Å²) >= 11 is 0. The molecule has 0 spiro atoms. The van der Waals surface area contributed by atoms with Gasteiger partial charge in [-0.15, -0.1) is 0 Å². The number of esters is 3. The Hall–Kier alpha value is -3.80. The smallest absolute Gasteiger partial charge is 0.322 e. The number of nitrogens with zero attached hydrogens (tertiary/aromatic N) is 4. The molecule has 14 nitrogen and oxygen atoms in total. The molecular weight excluding hydrogens is 548 g/mol. The van der Waals surface area contributed by atoms with Gasteiger partial charge in [0.05, 0.1) is 37.5 Å². The average Bonchev–Trinajstić information content (AvgIpc) is 3.51. The molecule has 14 heteroatoms. The van der Waals surface area contributed by atoms with Crippen molar-refractivity contribution in [3.05, 3.63) is 24.2 Å². The highest BCUT2D eigenvalue weighted by atomic mass is 16.7. The molecule has 0 unspecified atom stereocenters. The standard InChI is InChI=1S/C28H40N6O8/c1-7-8-11-39-27(37)18(6)32-15-38-13-28(12-29)23(41-26(36)17(4)5)22(40-25(35)16(2)3)21(42-28)19-9-10-20-24(30)31-14-33-34(19)20/h9-10,14,16-18,21-23,32H,7-8,11,13,15H2,1-6H3,(H2,30,31,33)/t18-,21-,22-,23-,28+/m0/s1. The number of nitrogens with two attached hydrogens (primary N) is 1. The fraction of sp³-hybridized carbons (Fsp3) is 0.643. The van der Waals surface area contributed by atoms with Gasteiger partial charge in [-0.05, 0) is 25.5 Å². The van der Waals surface area contributed by atoms with Crippen LogP contribution >= 0.6 is 0 Å². The van der Waals surface area contributed by atoms with Crippen LogP contribution < -0.4 is 11.1 Å². The minimum atomic E-state index is -1.90. The predicted octanol–water partition coefficient (Wildman–Crippen LogP) is 2.08. The van der Waals surface area contributed by atoms with Crippen molar-refractivity contribution in [1.29, 1.82) is 5.26 Å². The Morgan fingerprint density at radius 3 is 2.48 bits per heavy atom. The number of rotatable bonds is 14. The third-order valence-corrected chi connectivity index (χ3v) is 6.73. The maximum absolute atomic E-state index is 12.9. The maximum Gasteiger partial charge on any atom is 0.322 e. The third-order valence-electron chi connectivity index (χ3n) is 6.73. The molecule has 2 aromatic heterocycles. The molecule has 0 amide bonds. The number of nitrogens with one attached hydrogen (secondary N) is 1. The highest BCUT2D eigenvalue weighted by Crippen LogP contribution is 2.44. The minimum absolute atomic E-state index is 0.152. The topological polar surface area (TPSA) is 189 Å². The SMILES string of the molecule is CCCCOC(=O)[C@H](C)NCOC[C@@]1(C#N)O[C@@H](c2ccc3c(N)ncnn23)[C@H](OC(=O)C(C)C)[C@@H]1OC(=O)C(C)C. The average molecular weight is 589 g/mol. The van der Waals surface area contributed by atoms with Crippen molar-refractivity contribution in [1.82, 2.24) is 19.9 Å². The van der Waals surface area contributed by atoms with Gasteiger partial charge >= 0.3 is 17.9 Å². The number of carbonyl (C=O) groups is 3. The van der Waals surface area contributed by atoms with Crippen LogP contribution in [0.25, 0.3) is 5.52 Å². The Morgan fingerprint density at radius 1 is 1.14 bits per heavy atom. The van der Waals surface area contributed by atoms with Gasteiger partial charge < -0.3 is 29.4 Å². The van der Waals surface area contributed by atoms with Gasteiger partial charge in [-0.2, -0.15) is 10.4 Å². The summed E-state index contributed by atoms with van der Waals surface area (Å²) in [7, 11) is 0. The highest BCUT2D eigenvalue weighted by molar-refractivity contribution is 5.75. The van der Waals surface area contributed by atoms with Crippen molar-refractivity contribution in [2.24, 2.45) is 11.8 Å². The lowest BCUT2D eigenvalue weighted by Crippen LogP contribution is -2.50. The number of ether oxygens (including phenoxy) is 5. The molecule has 0 saturated carbocycles. The largest absolute Gasteiger partial charge is 0.465 e. The van der Waals surface area contributed by atoms with Crippen LogP contribution in [-0.2, 0) is 38.1 Å². The van der Waals surface area contributed by atoms with Gasteiger partial charge in [0.25, 0.3) is 0 Å². The number of nitrogen functional groups attached to an aromatic ring is 1. The van der Waals surface area contributed by atoms with E-state index in [4.69, 9.17) is 29.4 Å². The van der Waals surface area contributed by atoms with Crippen molar-refractivity contribution in [3.63, 3.8) is 0 Å². The molecule has 1 fully saturated rings. The maximum atomic E-state index is 12.9. The lowest BCUT2D eigenvalue weighted by atomic mass is 9.95. The molecule has 42 heavy (non-hydrogen) atoms. The summed E-state index contributed by atoms with van der Waals surface area (Å²) in [4.78, 5) is 41.9. The second kappa shape index (κ2) is 14.4. The van der Waals surface area contributed by atoms with Crippen LogP contribution in [0.2, 0.25) is 0 Å². The second-order valence-electron chi connectivity index (χ2n) is 10.7. The fourth-order valence-corrected chi connectivity index (χ4v) is 4.17. The van der Waals surface area contributed by atoms with E-state index in [1.54, 1.807) is 46.8 Å². The quantitative estimate of drug-likeness (QED) is 0.141. The van der Waals surface area contributed by atoms with E-state index >= 15 is 0 Å². The first-order chi connectivity index (χ1) is 20.0. The van der Waals surface area contributed by atoms with Gasteiger partial charge in [0.1, 0.15) is 30.1 Å². The van der Waals surface area contributed by atoms with E-state index in [0.29, 0.717) is 17.8 Å². The van der Waals surface area contributed by atoms with E-state index in [-0.39, 0.29) is 12.5 Å². The number of carbonyl (C=O) groups excluding carboxylic acids is 3. The second-order valence-corrected chi connectivity index (χ2v) is 10.7. The van der Waals surface area contributed by atoms with Crippen LogP contribution in [-0.4, -0.2) is 76.3 Å². The summed E-state index contributed by atoms with van der Waals surface area (Å²) in [5, 5.41) is 17.6. The molecule has 1 aliphatic rings. The van der Waals surface area contributed by atoms with Crippen molar-refractivity contribution in [2.75, 3.05) is 25.7 Å². The van der Waals surface area contributed by atoms with E-state index in [0.717, 1.165) is 12.8 Å². The Kier molecular flexibility index (Phi) is 11.2. The predicted molar refractivity (Wildman–Crippen MR) is 148 cm³/mol. The number of hydrogen-bond acceptors (Lipinski definition) is 13. The third kappa shape index (κ3) is 7.33. The number of hydrogen-bond donors (Lipinski definition) is 2. The summed E-state index contributed by atoms with van der Waals surface area (Å²) in [6.45, 7) is 9.98. The molecule has 0 aliphatic carbocycles. The molecule has 3 N–H and O–H groups in total. The molecule has 3 rings (SSSR count). The zero-order valence-corrected chi connectivity index (χ0v) is 24.9. The zero-order valence-electron chi connectivity index (χ0n) is 24.9. The van der Waals surface area contributed by atoms with Crippen LogP contribution in [0.15, 0.2) is 18.5 Å². The lowest BCUT2D eigenvalue weighted by molar-refractivity contribution is -0.174. The van der Waals surface area contributed by atoms with E-state index in [1.807, 2.05) is 6.92 Å². The van der Waals surface area contributed by atoms with Crippen LogP contribution in [0.5, 0.6) is 0 Å². The molecule has 0 radical (unpaired) electrons. The normalized spacial score (nSPS) is 22.7. The first-order valence-electron chi connectivity index (χ1n) is 14.0. The molecule has 1 aliphatic heterocycles. The molecule has 0 bridgehead atoms. The zero-order chi connectivity index (χ0) is 31.0. The number of nitriles is 1. The first-order valence-corrected chi connectivity index (χ1v) is 14.0. The summed E-state index contributed by atoms with van der Waals surface area (Å²) in [5.41, 5.74) is 4.98. The monoisotopic (exact) mass is 588 g/mol. The lowest BCUT2D eigenvalue weighted by Gasteiger charge is -2.29. The summed E-state index contributed by atoms with van der Waals surface area (Å²) in [5.74, 6) is -2.51. The van der Waals surface area contributed by atoms with Crippen molar-refractivity contribution in [3.8, 4) is 6.07 Å². The Labute approximate surface area is 244 Å². The van der Waals surface area contributed by atoms with E-state index in [1.165, 1.54) is 10.8 Å². The van der Waals surface area contributed by atoms with Gasteiger partial charge in [0, 0.05) is 0 Å². The van der Waals surface area contributed by atoms with E-state index in [9.17, 15) is 19.6 Å². The fourth-order valence-electron chi connectivity index (χ4n) is 4.17. The van der Waals surface area contributed by atoms with Crippen LogP contribution in [0.3, 0.4) is 0 Å².